The second kappa shape index (κ2) is 8.94. The number of esters is 2. The number of hydrogen-bond acceptors (Lipinski definition) is 8. The van der Waals surface area contributed by atoms with Gasteiger partial charge in [0, 0.05) is 12.0 Å². The molecule has 8 nitrogen and oxygen atoms in total. The average molecular weight is 416 g/mol. The summed E-state index contributed by atoms with van der Waals surface area (Å²) in [6.45, 7) is 0. The lowest BCUT2D eigenvalue weighted by Crippen LogP contribution is -2.20. The summed E-state index contributed by atoms with van der Waals surface area (Å²) in [5, 5.41) is 10.5. The SMILES string of the molecule is COC(=O)CCc1cc(O)c2c(c1)[C@@H](C(=O)OC)[C@H](c1ccc(OC)c(OC)c1)O2. The third kappa shape index (κ3) is 3.98. The van der Waals surface area contributed by atoms with E-state index in [-0.39, 0.29) is 23.9 Å². The quantitative estimate of drug-likeness (QED) is 0.688. The molecule has 1 aliphatic heterocycles. The van der Waals surface area contributed by atoms with Crippen molar-refractivity contribution in [2.45, 2.75) is 24.9 Å². The first kappa shape index (κ1) is 21.3. The largest absolute Gasteiger partial charge is 0.504 e. The van der Waals surface area contributed by atoms with Crippen molar-refractivity contribution in [3.8, 4) is 23.0 Å². The average Bonchev–Trinajstić information content (AvgIpc) is 3.16. The minimum absolute atomic E-state index is 0.107. The molecular weight excluding hydrogens is 392 g/mol. The summed E-state index contributed by atoms with van der Waals surface area (Å²) in [6, 6.07) is 8.48. The van der Waals surface area contributed by atoms with E-state index in [1.165, 1.54) is 34.5 Å². The minimum Gasteiger partial charge on any atom is -0.504 e. The van der Waals surface area contributed by atoms with Crippen LogP contribution >= 0.6 is 0 Å². The molecule has 2 atom stereocenters. The highest BCUT2D eigenvalue weighted by Gasteiger charge is 2.43. The van der Waals surface area contributed by atoms with Gasteiger partial charge < -0.3 is 28.8 Å². The molecule has 0 amide bonds. The lowest BCUT2D eigenvalue weighted by atomic mass is 9.89. The molecule has 0 unspecified atom stereocenters. The van der Waals surface area contributed by atoms with Crippen molar-refractivity contribution in [2.24, 2.45) is 0 Å². The number of benzene rings is 2. The number of rotatable bonds is 7. The predicted octanol–water partition coefficient (Wildman–Crippen LogP) is 2.91. The van der Waals surface area contributed by atoms with E-state index in [2.05, 4.69) is 4.74 Å². The van der Waals surface area contributed by atoms with Crippen molar-refractivity contribution in [3.63, 3.8) is 0 Å². The molecule has 3 rings (SSSR count). The van der Waals surface area contributed by atoms with Crippen LogP contribution in [0, 0.1) is 0 Å². The van der Waals surface area contributed by atoms with E-state index in [0.29, 0.717) is 34.6 Å². The fourth-order valence-corrected chi connectivity index (χ4v) is 3.57. The van der Waals surface area contributed by atoms with Crippen molar-refractivity contribution in [2.75, 3.05) is 28.4 Å². The van der Waals surface area contributed by atoms with Crippen LogP contribution in [0.1, 0.15) is 35.1 Å². The molecule has 1 heterocycles. The Labute approximate surface area is 174 Å². The first-order valence-electron chi connectivity index (χ1n) is 9.32. The summed E-state index contributed by atoms with van der Waals surface area (Å²) in [6.07, 6.45) is -0.228. The molecule has 0 saturated carbocycles. The zero-order chi connectivity index (χ0) is 21.8. The molecule has 2 aromatic rings. The van der Waals surface area contributed by atoms with Gasteiger partial charge in [0.05, 0.1) is 28.4 Å². The van der Waals surface area contributed by atoms with Gasteiger partial charge in [0.15, 0.2) is 23.0 Å². The summed E-state index contributed by atoms with van der Waals surface area (Å²) < 4.78 is 26.3. The van der Waals surface area contributed by atoms with E-state index in [9.17, 15) is 14.7 Å². The van der Waals surface area contributed by atoms with Crippen LogP contribution in [0.5, 0.6) is 23.0 Å². The Morgan fingerprint density at radius 2 is 1.73 bits per heavy atom. The minimum atomic E-state index is -0.799. The van der Waals surface area contributed by atoms with E-state index < -0.39 is 18.0 Å². The topological polar surface area (TPSA) is 101 Å². The van der Waals surface area contributed by atoms with E-state index in [0.717, 1.165) is 0 Å². The highest BCUT2D eigenvalue weighted by Crippen LogP contribution is 2.51. The number of carbonyl (C=O) groups is 2. The van der Waals surface area contributed by atoms with Crippen LogP contribution in [-0.4, -0.2) is 45.5 Å². The molecule has 1 aliphatic rings. The van der Waals surface area contributed by atoms with Gasteiger partial charge in [0.1, 0.15) is 12.0 Å². The number of fused-ring (bicyclic) bond motifs is 1. The molecule has 160 valence electrons. The van der Waals surface area contributed by atoms with Crippen molar-refractivity contribution < 1.29 is 38.4 Å². The zero-order valence-electron chi connectivity index (χ0n) is 17.3. The number of aromatic hydroxyl groups is 1. The van der Waals surface area contributed by atoms with Crippen LogP contribution in [0.15, 0.2) is 30.3 Å². The molecule has 0 fully saturated rings. The van der Waals surface area contributed by atoms with Crippen LogP contribution in [0.2, 0.25) is 0 Å². The monoisotopic (exact) mass is 416 g/mol. The van der Waals surface area contributed by atoms with Gasteiger partial charge in [-0.05, 0) is 35.7 Å². The Morgan fingerprint density at radius 3 is 2.37 bits per heavy atom. The van der Waals surface area contributed by atoms with E-state index in [1.54, 1.807) is 24.3 Å². The molecule has 1 N–H and O–H groups in total. The predicted molar refractivity (Wildman–Crippen MR) is 106 cm³/mol. The molecule has 8 heteroatoms. The summed E-state index contributed by atoms with van der Waals surface area (Å²) >= 11 is 0. The highest BCUT2D eigenvalue weighted by atomic mass is 16.5. The molecule has 30 heavy (non-hydrogen) atoms. The van der Waals surface area contributed by atoms with Gasteiger partial charge in [0.25, 0.3) is 0 Å². The lowest BCUT2D eigenvalue weighted by Gasteiger charge is -2.19. The van der Waals surface area contributed by atoms with Crippen molar-refractivity contribution in [1.82, 2.24) is 0 Å². The van der Waals surface area contributed by atoms with Gasteiger partial charge in [-0.2, -0.15) is 0 Å². The third-order valence-electron chi connectivity index (χ3n) is 5.08. The van der Waals surface area contributed by atoms with Gasteiger partial charge in [-0.25, -0.2) is 0 Å². The summed E-state index contributed by atoms with van der Waals surface area (Å²) in [5.41, 5.74) is 1.85. The van der Waals surface area contributed by atoms with Crippen LogP contribution in [-0.2, 0) is 25.5 Å². The Kier molecular flexibility index (Phi) is 6.34. The fourth-order valence-electron chi connectivity index (χ4n) is 3.57. The molecule has 0 saturated heterocycles. The zero-order valence-corrected chi connectivity index (χ0v) is 17.3. The smallest absolute Gasteiger partial charge is 0.317 e. The number of methoxy groups -OCH3 is 4. The summed E-state index contributed by atoms with van der Waals surface area (Å²) in [5.74, 6) is -0.527. The second-order valence-corrected chi connectivity index (χ2v) is 6.76. The number of ether oxygens (including phenoxy) is 5. The summed E-state index contributed by atoms with van der Waals surface area (Å²) in [7, 11) is 5.66. The van der Waals surface area contributed by atoms with Gasteiger partial charge >= 0.3 is 11.9 Å². The van der Waals surface area contributed by atoms with E-state index in [1.807, 2.05) is 0 Å². The third-order valence-corrected chi connectivity index (χ3v) is 5.08. The summed E-state index contributed by atoms with van der Waals surface area (Å²) in [4.78, 5) is 24.1. The maximum atomic E-state index is 12.7. The molecule has 0 aliphatic carbocycles. The van der Waals surface area contributed by atoms with Crippen LogP contribution in [0.4, 0.5) is 0 Å². The van der Waals surface area contributed by atoms with Crippen molar-refractivity contribution in [3.05, 3.63) is 47.0 Å². The van der Waals surface area contributed by atoms with Crippen molar-refractivity contribution in [1.29, 1.82) is 0 Å². The number of hydrogen-bond donors (Lipinski definition) is 1. The molecule has 0 bridgehead atoms. The molecular formula is C22H24O8. The molecule has 0 spiro atoms. The lowest BCUT2D eigenvalue weighted by molar-refractivity contribution is -0.144. The Balaban J connectivity index is 2.01. The van der Waals surface area contributed by atoms with Crippen molar-refractivity contribution >= 4 is 11.9 Å². The molecule has 2 aromatic carbocycles. The second-order valence-electron chi connectivity index (χ2n) is 6.76. The molecule has 0 radical (unpaired) electrons. The standard InChI is InChI=1S/C22H24O8/c1-26-16-7-6-13(11-17(16)27-2)20-19(22(25)29-4)14-9-12(5-8-18(24)28-3)10-15(23)21(14)30-20/h6-7,9-11,19-20,23H,5,8H2,1-4H3/t19-,20+/m1/s1. The first-order valence-corrected chi connectivity index (χ1v) is 9.32. The van der Waals surface area contributed by atoms with Crippen LogP contribution < -0.4 is 14.2 Å². The van der Waals surface area contributed by atoms with Gasteiger partial charge in [-0.15, -0.1) is 0 Å². The van der Waals surface area contributed by atoms with Crippen LogP contribution in [0.3, 0.4) is 0 Å². The maximum absolute atomic E-state index is 12.7. The normalized spacial score (nSPS) is 16.9. The number of phenols is 1. The maximum Gasteiger partial charge on any atom is 0.317 e. The first-order chi connectivity index (χ1) is 14.4. The Hall–Kier alpha value is -3.42. The Morgan fingerprint density at radius 1 is 1.00 bits per heavy atom. The number of carbonyl (C=O) groups excluding carboxylic acids is 2. The van der Waals surface area contributed by atoms with Crippen LogP contribution in [0.25, 0.3) is 0 Å². The van der Waals surface area contributed by atoms with E-state index in [4.69, 9.17) is 18.9 Å². The number of aryl methyl sites for hydroxylation is 1. The van der Waals surface area contributed by atoms with E-state index >= 15 is 0 Å². The van der Waals surface area contributed by atoms with Gasteiger partial charge in [-0.3, -0.25) is 9.59 Å². The number of phenolic OH excluding ortho intramolecular Hbond substituents is 1. The fraction of sp³-hybridized carbons (Fsp3) is 0.364. The Bertz CT molecular complexity index is 952. The van der Waals surface area contributed by atoms with Gasteiger partial charge in [-0.1, -0.05) is 12.1 Å². The molecule has 0 aromatic heterocycles. The highest BCUT2D eigenvalue weighted by molar-refractivity contribution is 5.82. The van der Waals surface area contributed by atoms with Gasteiger partial charge in [0.2, 0.25) is 0 Å².